The van der Waals surface area contributed by atoms with Gasteiger partial charge in [-0.1, -0.05) is 6.07 Å². The molecule has 1 aromatic carbocycles. The molecule has 0 saturated carbocycles. The van der Waals surface area contributed by atoms with Crippen LogP contribution < -0.4 is 16.0 Å². The van der Waals surface area contributed by atoms with Crippen molar-refractivity contribution in [1.29, 1.82) is 0 Å². The van der Waals surface area contributed by atoms with Crippen LogP contribution in [0.2, 0.25) is 0 Å². The summed E-state index contributed by atoms with van der Waals surface area (Å²) in [4.78, 5) is 17.6. The Morgan fingerprint density at radius 1 is 1.06 bits per heavy atom. The Kier molecular flexibility index (Phi) is 4.36. The number of aromatic nitrogens is 5. The molecule has 0 bridgehead atoms. The van der Waals surface area contributed by atoms with Gasteiger partial charge in [0.15, 0.2) is 5.82 Å². The van der Waals surface area contributed by atoms with Crippen molar-refractivity contribution in [3.05, 3.63) is 54.1 Å². The Balaban J connectivity index is 1.42. The number of piperazine rings is 1. The summed E-state index contributed by atoms with van der Waals surface area (Å²) in [5.74, 6) is 0.734. The summed E-state index contributed by atoms with van der Waals surface area (Å²) in [6, 6.07) is 6.24. The first-order valence-corrected chi connectivity index (χ1v) is 10.8. The highest BCUT2D eigenvalue weighted by Gasteiger charge is 2.20. The number of pyridine rings is 1. The second-order valence-corrected chi connectivity index (χ2v) is 8.46. The number of imidazole rings is 1. The lowest BCUT2D eigenvalue weighted by Crippen LogP contribution is -2.44. The minimum atomic E-state index is 0.672. The summed E-state index contributed by atoms with van der Waals surface area (Å²) in [5, 5.41) is 11.9. The standard InChI is InChI=1S/C23H25N9/c1-31-4-6-32(7-5-31)20-13-26-12-19-22(20)28-23(27-19)21-17-9-14(2-3-18(17)29-30-21)15-8-16(24)11-25-10-15/h2-3,8-10,12-13,25H,4-7,11,24H2,1H3,(H,27,28)(H,29,30). The zero-order valence-corrected chi connectivity index (χ0v) is 17.9. The number of likely N-dealkylation sites (N-methyl/N-ethyl adjacent to an activating group) is 1. The van der Waals surface area contributed by atoms with Crippen LogP contribution in [-0.4, -0.2) is 69.8 Å². The van der Waals surface area contributed by atoms with Gasteiger partial charge in [0.25, 0.3) is 0 Å². The molecule has 1 saturated heterocycles. The molecule has 0 unspecified atom stereocenters. The second-order valence-electron chi connectivity index (χ2n) is 8.46. The third-order valence-corrected chi connectivity index (χ3v) is 6.24. The van der Waals surface area contributed by atoms with E-state index < -0.39 is 0 Å². The molecule has 9 nitrogen and oxygen atoms in total. The fraction of sp³-hybridized carbons (Fsp3) is 0.261. The van der Waals surface area contributed by atoms with Gasteiger partial charge in [-0.15, -0.1) is 0 Å². The lowest BCUT2D eigenvalue weighted by atomic mass is 10.0. The highest BCUT2D eigenvalue weighted by atomic mass is 15.3. The van der Waals surface area contributed by atoms with Crippen LogP contribution in [0.15, 0.2) is 48.6 Å². The molecule has 0 radical (unpaired) electrons. The molecule has 1 fully saturated rings. The van der Waals surface area contributed by atoms with Gasteiger partial charge in [-0.25, -0.2) is 4.98 Å². The van der Waals surface area contributed by atoms with Gasteiger partial charge in [-0.05, 0) is 36.4 Å². The van der Waals surface area contributed by atoms with E-state index in [-0.39, 0.29) is 0 Å². The van der Waals surface area contributed by atoms with Gasteiger partial charge in [0, 0.05) is 43.5 Å². The first-order chi connectivity index (χ1) is 15.7. The Morgan fingerprint density at radius 2 is 1.94 bits per heavy atom. The molecule has 9 heteroatoms. The smallest absolute Gasteiger partial charge is 0.159 e. The molecule has 3 aromatic heterocycles. The Morgan fingerprint density at radius 3 is 2.78 bits per heavy atom. The predicted octanol–water partition coefficient (Wildman–Crippen LogP) is 2.04. The number of nitrogens with one attached hydrogen (secondary N) is 3. The van der Waals surface area contributed by atoms with Crippen LogP contribution >= 0.6 is 0 Å². The van der Waals surface area contributed by atoms with E-state index in [2.05, 4.69) is 54.5 Å². The molecule has 0 spiro atoms. The van der Waals surface area contributed by atoms with Gasteiger partial charge in [-0.3, -0.25) is 10.1 Å². The maximum Gasteiger partial charge on any atom is 0.159 e. The molecule has 0 atom stereocenters. The number of dihydropyridines is 1. The third kappa shape index (κ3) is 3.18. The fourth-order valence-electron chi connectivity index (χ4n) is 4.42. The minimum Gasteiger partial charge on any atom is -0.401 e. The lowest BCUT2D eigenvalue weighted by Gasteiger charge is -2.33. The van der Waals surface area contributed by atoms with Gasteiger partial charge in [0.2, 0.25) is 0 Å². The van der Waals surface area contributed by atoms with Crippen LogP contribution in [0, 0.1) is 0 Å². The summed E-state index contributed by atoms with van der Waals surface area (Å²) < 4.78 is 0. The van der Waals surface area contributed by atoms with Gasteiger partial charge >= 0.3 is 0 Å². The topological polar surface area (TPSA) is 115 Å². The zero-order valence-electron chi connectivity index (χ0n) is 17.9. The number of hydrogen-bond donors (Lipinski definition) is 4. The van der Waals surface area contributed by atoms with Gasteiger partial charge in [0.1, 0.15) is 11.2 Å². The molecular weight excluding hydrogens is 402 g/mol. The van der Waals surface area contributed by atoms with E-state index in [1.807, 2.05) is 30.7 Å². The highest BCUT2D eigenvalue weighted by Crippen LogP contribution is 2.32. The van der Waals surface area contributed by atoms with Crippen LogP contribution in [0.5, 0.6) is 0 Å². The Hall–Kier alpha value is -3.85. The van der Waals surface area contributed by atoms with Crippen molar-refractivity contribution < 1.29 is 0 Å². The maximum atomic E-state index is 6.01. The molecule has 5 N–H and O–H groups in total. The largest absolute Gasteiger partial charge is 0.401 e. The number of benzene rings is 1. The van der Waals surface area contributed by atoms with Crippen molar-refractivity contribution in [2.24, 2.45) is 5.73 Å². The van der Waals surface area contributed by atoms with Gasteiger partial charge in [0.05, 0.1) is 35.7 Å². The number of aromatic amines is 2. The summed E-state index contributed by atoms with van der Waals surface area (Å²) in [5.41, 5.74) is 13.6. The monoisotopic (exact) mass is 427 g/mol. The van der Waals surface area contributed by atoms with Crippen molar-refractivity contribution in [2.45, 2.75) is 0 Å². The maximum absolute atomic E-state index is 6.01. The molecule has 2 aliphatic heterocycles. The summed E-state index contributed by atoms with van der Waals surface area (Å²) in [6.45, 7) is 4.67. The number of H-pyrrole nitrogens is 2. The highest BCUT2D eigenvalue weighted by molar-refractivity contribution is 5.97. The minimum absolute atomic E-state index is 0.672. The molecule has 6 rings (SSSR count). The van der Waals surface area contributed by atoms with E-state index in [4.69, 9.17) is 10.7 Å². The molecule has 32 heavy (non-hydrogen) atoms. The third-order valence-electron chi connectivity index (χ3n) is 6.24. The summed E-state index contributed by atoms with van der Waals surface area (Å²) in [7, 11) is 2.16. The van der Waals surface area contributed by atoms with Crippen LogP contribution in [-0.2, 0) is 0 Å². The van der Waals surface area contributed by atoms with Gasteiger partial charge in [-0.2, -0.15) is 5.10 Å². The Labute approximate surface area is 185 Å². The SMILES string of the molecule is CN1CCN(c2cncc3[nH]c(-c4n[nH]c5ccc(C6=CNCC(N)=C6)cc45)nc23)CC1. The molecule has 162 valence electrons. The van der Waals surface area contributed by atoms with Crippen LogP contribution in [0.4, 0.5) is 5.69 Å². The number of nitrogens with zero attached hydrogens (tertiary/aromatic N) is 5. The first kappa shape index (κ1) is 18.9. The van der Waals surface area contributed by atoms with Crippen molar-refractivity contribution in [3.8, 4) is 11.5 Å². The van der Waals surface area contributed by atoms with Crippen molar-refractivity contribution in [2.75, 3.05) is 44.7 Å². The zero-order chi connectivity index (χ0) is 21.7. The van der Waals surface area contributed by atoms with E-state index in [1.165, 1.54) is 0 Å². The Bertz CT molecular complexity index is 1370. The molecule has 4 aromatic rings. The second kappa shape index (κ2) is 7.38. The summed E-state index contributed by atoms with van der Waals surface area (Å²) in [6.07, 6.45) is 7.75. The summed E-state index contributed by atoms with van der Waals surface area (Å²) >= 11 is 0. The van der Waals surface area contributed by atoms with Gasteiger partial charge < -0.3 is 25.8 Å². The van der Waals surface area contributed by atoms with E-state index in [0.717, 1.165) is 82.2 Å². The number of hydrogen-bond acceptors (Lipinski definition) is 7. The normalized spacial score (nSPS) is 17.5. The average Bonchev–Trinajstić information content (AvgIpc) is 3.43. The molecule has 0 aliphatic carbocycles. The molecule has 2 aliphatic rings. The van der Waals surface area contributed by atoms with Crippen LogP contribution in [0.1, 0.15) is 5.56 Å². The molecular formula is C23H25N9. The van der Waals surface area contributed by atoms with E-state index >= 15 is 0 Å². The van der Waals surface area contributed by atoms with E-state index in [1.54, 1.807) is 0 Å². The number of rotatable bonds is 3. The van der Waals surface area contributed by atoms with Crippen molar-refractivity contribution >= 4 is 33.2 Å². The lowest BCUT2D eigenvalue weighted by molar-refractivity contribution is 0.313. The van der Waals surface area contributed by atoms with E-state index in [0.29, 0.717) is 6.54 Å². The molecule has 0 amide bonds. The quantitative estimate of drug-likeness (QED) is 0.396. The van der Waals surface area contributed by atoms with Crippen LogP contribution in [0.3, 0.4) is 0 Å². The molecule has 5 heterocycles. The number of nitrogens with two attached hydrogens (primary N) is 1. The fourth-order valence-corrected chi connectivity index (χ4v) is 4.42. The van der Waals surface area contributed by atoms with Crippen molar-refractivity contribution in [1.82, 2.24) is 35.4 Å². The first-order valence-electron chi connectivity index (χ1n) is 10.8. The predicted molar refractivity (Wildman–Crippen MR) is 127 cm³/mol. The number of anilines is 1. The van der Waals surface area contributed by atoms with Crippen LogP contribution in [0.25, 0.3) is 39.0 Å². The van der Waals surface area contributed by atoms with Crippen molar-refractivity contribution in [3.63, 3.8) is 0 Å². The average molecular weight is 428 g/mol. The van der Waals surface area contributed by atoms with E-state index in [9.17, 15) is 0 Å². The number of allylic oxidation sites excluding steroid dienone is 2. The number of fused-ring (bicyclic) bond motifs is 2.